The summed E-state index contributed by atoms with van der Waals surface area (Å²) in [5.74, 6) is -2.90. The first-order valence-corrected chi connectivity index (χ1v) is 5.42. The molecule has 1 aromatic rings. The molecular formula is C11H14Cl2F2. The summed E-state index contributed by atoms with van der Waals surface area (Å²) < 4.78 is 25.7. The second-order valence-electron chi connectivity index (χ2n) is 2.95. The zero-order valence-electron chi connectivity index (χ0n) is 9.17. The molecule has 0 amide bonds. The van der Waals surface area contributed by atoms with Gasteiger partial charge in [0.1, 0.15) is 0 Å². The molecule has 0 atom stereocenters. The Morgan fingerprint density at radius 2 is 1.40 bits per heavy atom. The smallest absolute Gasteiger partial charge is 0.202 e. The second kappa shape index (κ2) is 5.66. The van der Waals surface area contributed by atoms with E-state index in [1.165, 1.54) is 12.1 Å². The number of rotatable bonds is 1. The zero-order valence-corrected chi connectivity index (χ0v) is 10.7. The Kier molecular flexibility index (Phi) is 5.54. The third-order valence-corrected chi connectivity index (χ3v) is 2.57. The van der Waals surface area contributed by atoms with Crippen LogP contribution in [0.2, 0.25) is 10.0 Å². The molecule has 0 bridgehead atoms. The number of alkyl halides is 2. The first kappa shape index (κ1) is 14.7. The van der Waals surface area contributed by atoms with E-state index in [1.807, 2.05) is 13.8 Å². The van der Waals surface area contributed by atoms with Crippen molar-refractivity contribution >= 4 is 23.2 Å². The lowest BCUT2D eigenvalue weighted by Crippen LogP contribution is -2.07. The molecule has 0 heterocycles. The van der Waals surface area contributed by atoms with Crippen LogP contribution in [0.25, 0.3) is 0 Å². The van der Waals surface area contributed by atoms with E-state index in [4.69, 9.17) is 23.2 Å². The first-order chi connectivity index (χ1) is 6.82. The number of hydrogen-bond acceptors (Lipinski definition) is 0. The van der Waals surface area contributed by atoms with Crippen molar-refractivity contribution < 1.29 is 8.78 Å². The Hall–Kier alpha value is -0.340. The molecule has 0 nitrogen and oxygen atoms in total. The molecule has 0 aliphatic heterocycles. The van der Waals surface area contributed by atoms with Gasteiger partial charge in [0.05, 0.1) is 0 Å². The molecule has 0 unspecified atom stereocenters. The van der Waals surface area contributed by atoms with E-state index in [0.29, 0.717) is 5.56 Å². The molecule has 0 aliphatic carbocycles. The molecule has 0 aliphatic rings. The summed E-state index contributed by atoms with van der Waals surface area (Å²) in [4.78, 5) is 0. The molecule has 0 spiro atoms. The van der Waals surface area contributed by atoms with Crippen LogP contribution in [0.5, 0.6) is 0 Å². The van der Waals surface area contributed by atoms with Gasteiger partial charge in [0, 0.05) is 22.5 Å². The van der Waals surface area contributed by atoms with Gasteiger partial charge >= 0.3 is 0 Å². The van der Waals surface area contributed by atoms with Gasteiger partial charge < -0.3 is 0 Å². The van der Waals surface area contributed by atoms with Crippen molar-refractivity contribution in [3.05, 3.63) is 33.3 Å². The van der Waals surface area contributed by atoms with Crippen LogP contribution in [-0.2, 0) is 5.92 Å². The van der Waals surface area contributed by atoms with Gasteiger partial charge in [0.15, 0.2) is 0 Å². The molecule has 1 aromatic carbocycles. The summed E-state index contributed by atoms with van der Waals surface area (Å²) in [7, 11) is 0. The van der Waals surface area contributed by atoms with Crippen molar-refractivity contribution in [1.82, 2.24) is 0 Å². The van der Waals surface area contributed by atoms with E-state index < -0.39 is 5.92 Å². The molecular weight excluding hydrogens is 241 g/mol. The van der Waals surface area contributed by atoms with Gasteiger partial charge in [-0.3, -0.25) is 0 Å². The molecule has 0 N–H and O–H groups in total. The Labute approximate surface area is 99.2 Å². The fourth-order valence-electron chi connectivity index (χ4n) is 0.899. The van der Waals surface area contributed by atoms with Gasteiger partial charge in [0.2, 0.25) is 0 Å². The summed E-state index contributed by atoms with van der Waals surface area (Å²) >= 11 is 11.4. The Bertz CT molecular complexity index is 307. The SMILES string of the molecule is CC.Cc1c(Cl)cc(C(C)(F)F)cc1Cl. The predicted molar refractivity (Wildman–Crippen MR) is 62.1 cm³/mol. The van der Waals surface area contributed by atoms with Gasteiger partial charge in [0.25, 0.3) is 5.92 Å². The van der Waals surface area contributed by atoms with Crippen LogP contribution in [0, 0.1) is 6.92 Å². The van der Waals surface area contributed by atoms with Gasteiger partial charge in [-0.05, 0) is 24.6 Å². The van der Waals surface area contributed by atoms with Crippen LogP contribution < -0.4 is 0 Å². The average molecular weight is 255 g/mol. The van der Waals surface area contributed by atoms with E-state index in [2.05, 4.69) is 0 Å². The maximum absolute atomic E-state index is 12.8. The van der Waals surface area contributed by atoms with Gasteiger partial charge in [-0.2, -0.15) is 0 Å². The highest BCUT2D eigenvalue weighted by Crippen LogP contribution is 2.33. The largest absolute Gasteiger partial charge is 0.270 e. The third kappa shape index (κ3) is 3.96. The van der Waals surface area contributed by atoms with Crippen LogP contribution in [0.4, 0.5) is 8.78 Å². The van der Waals surface area contributed by atoms with Crippen LogP contribution in [0.3, 0.4) is 0 Å². The van der Waals surface area contributed by atoms with Crippen molar-refractivity contribution in [1.29, 1.82) is 0 Å². The van der Waals surface area contributed by atoms with Crippen molar-refractivity contribution in [3.63, 3.8) is 0 Å². The summed E-state index contributed by atoms with van der Waals surface area (Å²) in [6.45, 7) is 6.49. The molecule has 1 rings (SSSR count). The molecule has 0 aromatic heterocycles. The fraction of sp³-hybridized carbons (Fsp3) is 0.455. The summed E-state index contributed by atoms with van der Waals surface area (Å²) in [5, 5.41) is 0.535. The summed E-state index contributed by atoms with van der Waals surface area (Å²) in [5.41, 5.74) is 0.462. The van der Waals surface area contributed by atoms with Gasteiger partial charge in [-0.25, -0.2) is 8.78 Å². The Balaban J connectivity index is 0.000000921. The van der Waals surface area contributed by atoms with E-state index in [9.17, 15) is 8.78 Å². The number of benzene rings is 1. The first-order valence-electron chi connectivity index (χ1n) is 4.66. The molecule has 0 fully saturated rings. The maximum atomic E-state index is 12.8. The monoisotopic (exact) mass is 254 g/mol. The normalized spacial score (nSPS) is 10.7. The maximum Gasteiger partial charge on any atom is 0.270 e. The molecule has 0 saturated carbocycles. The van der Waals surface area contributed by atoms with Crippen molar-refractivity contribution in [2.24, 2.45) is 0 Å². The summed E-state index contributed by atoms with van der Waals surface area (Å²) in [6.07, 6.45) is 0. The Morgan fingerprint density at radius 1 is 1.07 bits per heavy atom. The van der Waals surface area contributed by atoms with E-state index in [0.717, 1.165) is 6.92 Å². The third-order valence-electron chi connectivity index (χ3n) is 1.79. The Morgan fingerprint density at radius 3 is 1.67 bits per heavy atom. The molecule has 0 radical (unpaired) electrons. The number of hydrogen-bond donors (Lipinski definition) is 0. The quantitative estimate of drug-likeness (QED) is 0.626. The van der Waals surface area contributed by atoms with E-state index in [-0.39, 0.29) is 15.6 Å². The molecule has 15 heavy (non-hydrogen) atoms. The number of halogens is 4. The van der Waals surface area contributed by atoms with Gasteiger partial charge in [-0.15, -0.1) is 0 Å². The highest BCUT2D eigenvalue weighted by molar-refractivity contribution is 6.36. The minimum absolute atomic E-state index is 0.159. The van der Waals surface area contributed by atoms with E-state index >= 15 is 0 Å². The highest BCUT2D eigenvalue weighted by atomic mass is 35.5. The summed E-state index contributed by atoms with van der Waals surface area (Å²) in [6, 6.07) is 2.48. The minimum Gasteiger partial charge on any atom is -0.202 e. The van der Waals surface area contributed by atoms with Crippen molar-refractivity contribution in [2.45, 2.75) is 33.6 Å². The highest BCUT2D eigenvalue weighted by Gasteiger charge is 2.25. The van der Waals surface area contributed by atoms with Crippen LogP contribution in [-0.4, -0.2) is 0 Å². The lowest BCUT2D eigenvalue weighted by Gasteiger charge is -2.12. The topological polar surface area (TPSA) is 0 Å². The second-order valence-corrected chi connectivity index (χ2v) is 3.77. The molecule has 86 valence electrons. The average Bonchev–Trinajstić information content (AvgIpc) is 2.15. The molecule has 4 heteroatoms. The van der Waals surface area contributed by atoms with Crippen LogP contribution in [0.15, 0.2) is 12.1 Å². The molecule has 0 saturated heterocycles. The standard InChI is InChI=1S/C9H8Cl2F2.C2H6/c1-5-7(10)3-6(4-8(5)11)9(2,12)13;1-2/h3-4H,1-2H3;1-2H3. The lowest BCUT2D eigenvalue weighted by molar-refractivity contribution is 0.0175. The lowest BCUT2D eigenvalue weighted by atomic mass is 10.1. The van der Waals surface area contributed by atoms with E-state index in [1.54, 1.807) is 6.92 Å². The zero-order chi connectivity index (χ0) is 12.2. The minimum atomic E-state index is -2.90. The van der Waals surface area contributed by atoms with Crippen LogP contribution >= 0.6 is 23.2 Å². The van der Waals surface area contributed by atoms with Crippen LogP contribution in [0.1, 0.15) is 31.9 Å². The predicted octanol–water partition coefficient (Wildman–Crippen LogP) is 5.44. The fourth-order valence-corrected chi connectivity index (χ4v) is 1.39. The van der Waals surface area contributed by atoms with Crippen molar-refractivity contribution in [3.8, 4) is 0 Å². The van der Waals surface area contributed by atoms with Crippen molar-refractivity contribution in [2.75, 3.05) is 0 Å². The van der Waals surface area contributed by atoms with Gasteiger partial charge in [-0.1, -0.05) is 37.0 Å².